The maximum atomic E-state index is 11.2. The molecule has 1 heterocycles. The second kappa shape index (κ2) is 5.66. The quantitative estimate of drug-likeness (QED) is 0.722. The van der Waals surface area contributed by atoms with Gasteiger partial charge in [0.15, 0.2) is 0 Å². The first kappa shape index (κ1) is 13.2. The lowest BCUT2D eigenvalue weighted by Crippen LogP contribution is -1.99. The molecule has 106 valence electrons. The van der Waals surface area contributed by atoms with E-state index in [0.717, 1.165) is 28.0 Å². The van der Waals surface area contributed by atoms with Gasteiger partial charge in [-0.2, -0.15) is 0 Å². The predicted molar refractivity (Wildman–Crippen MR) is 83.8 cm³/mol. The van der Waals surface area contributed by atoms with E-state index >= 15 is 0 Å². The highest BCUT2D eigenvalue weighted by molar-refractivity contribution is 5.84. The highest BCUT2D eigenvalue weighted by Crippen LogP contribution is 2.18. The van der Waals surface area contributed by atoms with Gasteiger partial charge < -0.3 is 14.7 Å². The molecule has 3 rings (SSSR count). The molecule has 0 spiro atoms. The van der Waals surface area contributed by atoms with Crippen molar-refractivity contribution in [2.75, 3.05) is 6.61 Å². The normalized spacial score (nSPS) is 11.3. The van der Waals surface area contributed by atoms with Crippen LogP contribution >= 0.6 is 0 Å². The van der Waals surface area contributed by atoms with E-state index in [4.69, 9.17) is 4.74 Å². The molecule has 21 heavy (non-hydrogen) atoms. The minimum absolute atomic E-state index is 0.211. The first-order valence-corrected chi connectivity index (χ1v) is 6.73. The van der Waals surface area contributed by atoms with Gasteiger partial charge in [-0.05, 0) is 55.0 Å². The lowest BCUT2D eigenvalue weighted by atomic mass is 10.2. The summed E-state index contributed by atoms with van der Waals surface area (Å²) in [5.41, 5.74) is 3.09. The van der Waals surface area contributed by atoms with Gasteiger partial charge >= 0.3 is 5.69 Å². The Hall–Kier alpha value is -2.82. The summed E-state index contributed by atoms with van der Waals surface area (Å²) in [6.45, 7) is 2.61. The first-order chi connectivity index (χ1) is 10.2. The van der Waals surface area contributed by atoms with Crippen molar-refractivity contribution >= 4 is 22.9 Å². The first-order valence-electron chi connectivity index (χ1n) is 6.73. The lowest BCUT2D eigenvalue weighted by Gasteiger charge is -2.02. The molecule has 3 aromatic rings. The minimum Gasteiger partial charge on any atom is -0.494 e. The van der Waals surface area contributed by atoms with Crippen LogP contribution in [0.2, 0.25) is 0 Å². The van der Waals surface area contributed by atoms with Gasteiger partial charge in [-0.3, -0.25) is 4.99 Å². The molecule has 0 bridgehead atoms. The van der Waals surface area contributed by atoms with Crippen molar-refractivity contribution in [3.8, 4) is 5.75 Å². The van der Waals surface area contributed by atoms with E-state index in [1.807, 2.05) is 49.4 Å². The monoisotopic (exact) mass is 281 g/mol. The van der Waals surface area contributed by atoms with Gasteiger partial charge in [0.1, 0.15) is 5.75 Å². The molecule has 2 N–H and O–H groups in total. The summed E-state index contributed by atoms with van der Waals surface area (Å²) < 4.78 is 5.39. The predicted octanol–water partition coefficient (Wildman–Crippen LogP) is 3.01. The average molecular weight is 281 g/mol. The van der Waals surface area contributed by atoms with Crippen molar-refractivity contribution in [3.05, 3.63) is 58.5 Å². The Balaban J connectivity index is 1.81. The van der Waals surface area contributed by atoms with Gasteiger partial charge in [0, 0.05) is 6.21 Å². The Labute approximate surface area is 121 Å². The second-order valence-electron chi connectivity index (χ2n) is 4.57. The molecule has 5 nitrogen and oxygen atoms in total. The van der Waals surface area contributed by atoms with Crippen molar-refractivity contribution in [2.45, 2.75) is 6.92 Å². The van der Waals surface area contributed by atoms with Crippen LogP contribution in [-0.4, -0.2) is 22.8 Å². The number of aromatic nitrogens is 2. The van der Waals surface area contributed by atoms with Gasteiger partial charge in [-0.25, -0.2) is 4.79 Å². The number of imidazole rings is 1. The molecule has 0 radical (unpaired) electrons. The van der Waals surface area contributed by atoms with Crippen LogP contribution in [0.5, 0.6) is 5.75 Å². The fourth-order valence-electron chi connectivity index (χ4n) is 2.07. The number of H-pyrrole nitrogens is 2. The summed E-state index contributed by atoms with van der Waals surface area (Å²) in [7, 11) is 0. The standard InChI is InChI=1S/C16H15N3O2/c1-2-21-13-6-3-11(4-7-13)10-17-12-5-8-14-15(9-12)19-16(20)18-14/h3-10H,2H2,1H3,(H2,18,19,20)/b17-10+. The summed E-state index contributed by atoms with van der Waals surface area (Å²) in [4.78, 5) is 21.0. The Morgan fingerprint density at radius 2 is 1.86 bits per heavy atom. The Kier molecular flexibility index (Phi) is 3.55. The van der Waals surface area contributed by atoms with E-state index in [0.29, 0.717) is 6.61 Å². The van der Waals surface area contributed by atoms with Crippen LogP contribution in [0.1, 0.15) is 12.5 Å². The fourth-order valence-corrected chi connectivity index (χ4v) is 2.07. The SMILES string of the molecule is CCOc1ccc(/C=N/c2ccc3[nH]c(=O)[nH]c3c2)cc1. The number of ether oxygens (including phenoxy) is 1. The number of hydrogen-bond acceptors (Lipinski definition) is 3. The van der Waals surface area contributed by atoms with Crippen molar-refractivity contribution in [1.29, 1.82) is 0 Å². The van der Waals surface area contributed by atoms with Crippen LogP contribution in [0, 0.1) is 0 Å². The van der Waals surface area contributed by atoms with E-state index in [-0.39, 0.29) is 5.69 Å². The number of fused-ring (bicyclic) bond motifs is 1. The number of rotatable bonds is 4. The van der Waals surface area contributed by atoms with Crippen LogP contribution in [0.3, 0.4) is 0 Å². The molecule has 0 aliphatic rings. The maximum absolute atomic E-state index is 11.2. The third-order valence-electron chi connectivity index (χ3n) is 3.05. The smallest absolute Gasteiger partial charge is 0.323 e. The number of nitrogens with zero attached hydrogens (tertiary/aromatic N) is 1. The number of nitrogens with one attached hydrogen (secondary N) is 2. The van der Waals surface area contributed by atoms with Crippen LogP contribution < -0.4 is 10.4 Å². The van der Waals surface area contributed by atoms with Crippen LogP contribution in [0.4, 0.5) is 5.69 Å². The van der Waals surface area contributed by atoms with E-state index in [2.05, 4.69) is 15.0 Å². The molecule has 0 amide bonds. The summed E-state index contributed by atoms with van der Waals surface area (Å²) in [6.07, 6.45) is 1.78. The molecule has 0 unspecified atom stereocenters. The molecule has 2 aromatic carbocycles. The van der Waals surface area contributed by atoms with Crippen LogP contribution in [0.15, 0.2) is 52.3 Å². The van der Waals surface area contributed by atoms with E-state index in [1.54, 1.807) is 6.21 Å². The molecule has 0 atom stereocenters. The molecule has 0 aliphatic heterocycles. The number of hydrogen-bond donors (Lipinski definition) is 2. The maximum Gasteiger partial charge on any atom is 0.323 e. The number of benzene rings is 2. The van der Waals surface area contributed by atoms with Crippen LogP contribution in [-0.2, 0) is 0 Å². The van der Waals surface area contributed by atoms with E-state index in [1.165, 1.54) is 0 Å². The highest BCUT2D eigenvalue weighted by atomic mass is 16.5. The molecule has 0 aliphatic carbocycles. The van der Waals surface area contributed by atoms with Gasteiger partial charge in [0.2, 0.25) is 0 Å². The molecule has 0 fully saturated rings. The topological polar surface area (TPSA) is 70.2 Å². The zero-order chi connectivity index (χ0) is 14.7. The number of aliphatic imine (C=N–C) groups is 1. The molecule has 0 saturated carbocycles. The summed E-state index contributed by atoms with van der Waals surface area (Å²) in [5, 5.41) is 0. The average Bonchev–Trinajstić information content (AvgIpc) is 2.86. The number of aromatic amines is 2. The van der Waals surface area contributed by atoms with Gasteiger partial charge in [0.25, 0.3) is 0 Å². The van der Waals surface area contributed by atoms with Crippen molar-refractivity contribution in [2.24, 2.45) is 4.99 Å². The molecular formula is C16H15N3O2. The largest absolute Gasteiger partial charge is 0.494 e. The minimum atomic E-state index is -0.211. The Morgan fingerprint density at radius 1 is 1.10 bits per heavy atom. The van der Waals surface area contributed by atoms with Crippen LogP contribution in [0.25, 0.3) is 11.0 Å². The summed E-state index contributed by atoms with van der Waals surface area (Å²) in [6, 6.07) is 13.2. The van der Waals surface area contributed by atoms with Crippen molar-refractivity contribution in [1.82, 2.24) is 9.97 Å². The highest BCUT2D eigenvalue weighted by Gasteiger charge is 1.98. The van der Waals surface area contributed by atoms with Gasteiger partial charge in [-0.15, -0.1) is 0 Å². The van der Waals surface area contributed by atoms with Gasteiger partial charge in [-0.1, -0.05) is 0 Å². The fraction of sp³-hybridized carbons (Fsp3) is 0.125. The summed E-state index contributed by atoms with van der Waals surface area (Å²) >= 11 is 0. The van der Waals surface area contributed by atoms with Crippen molar-refractivity contribution < 1.29 is 4.74 Å². The molecule has 1 aromatic heterocycles. The van der Waals surface area contributed by atoms with E-state index in [9.17, 15) is 4.79 Å². The zero-order valence-electron chi connectivity index (χ0n) is 11.6. The molecular weight excluding hydrogens is 266 g/mol. The second-order valence-corrected chi connectivity index (χ2v) is 4.57. The molecule has 5 heteroatoms. The summed E-state index contributed by atoms with van der Waals surface area (Å²) in [5.74, 6) is 0.848. The molecule has 0 saturated heterocycles. The van der Waals surface area contributed by atoms with E-state index < -0.39 is 0 Å². The zero-order valence-corrected chi connectivity index (χ0v) is 11.6. The van der Waals surface area contributed by atoms with Crippen molar-refractivity contribution in [3.63, 3.8) is 0 Å². The van der Waals surface area contributed by atoms with Gasteiger partial charge in [0.05, 0.1) is 23.3 Å². The Bertz CT molecular complexity index is 829. The third kappa shape index (κ3) is 3.02. The third-order valence-corrected chi connectivity index (χ3v) is 3.05. The lowest BCUT2D eigenvalue weighted by molar-refractivity contribution is 0.340. The Morgan fingerprint density at radius 3 is 2.62 bits per heavy atom.